The Morgan fingerprint density at radius 2 is 1.87 bits per heavy atom. The molecule has 164 valence electrons. The summed E-state index contributed by atoms with van der Waals surface area (Å²) in [5.41, 5.74) is 0.823. The summed E-state index contributed by atoms with van der Waals surface area (Å²) in [5.74, 6) is -0.473. The molecule has 0 aliphatic carbocycles. The van der Waals surface area contributed by atoms with Crippen LogP contribution in [0.2, 0.25) is 0 Å². The van der Waals surface area contributed by atoms with Gasteiger partial charge >= 0.3 is 6.36 Å². The van der Waals surface area contributed by atoms with Gasteiger partial charge in [0.05, 0.1) is 11.4 Å². The van der Waals surface area contributed by atoms with Crippen molar-refractivity contribution in [1.82, 2.24) is 9.97 Å². The average Bonchev–Trinajstić information content (AvgIpc) is 2.69. The molecule has 0 bridgehead atoms. The van der Waals surface area contributed by atoms with Gasteiger partial charge in [-0.1, -0.05) is 12.1 Å². The predicted octanol–water partition coefficient (Wildman–Crippen LogP) is 5.32. The van der Waals surface area contributed by atoms with Crippen LogP contribution in [0.25, 0.3) is 11.3 Å². The zero-order chi connectivity index (χ0) is 22.4. The quantitative estimate of drug-likeness (QED) is 0.201. The number of rotatable bonds is 8. The van der Waals surface area contributed by atoms with Gasteiger partial charge in [0, 0.05) is 28.4 Å². The molecule has 3 rings (SSSR count). The molecule has 0 radical (unpaired) electrons. The van der Waals surface area contributed by atoms with Crippen LogP contribution >= 0.6 is 22.6 Å². The number of halogens is 5. The van der Waals surface area contributed by atoms with E-state index in [0.717, 1.165) is 3.57 Å². The third-order valence-electron chi connectivity index (χ3n) is 3.90. The fourth-order valence-corrected chi connectivity index (χ4v) is 3.05. The molecule has 0 unspecified atom stereocenters. The minimum absolute atomic E-state index is 0.0392. The SMILES string of the molecule is OCCCNc1nc(Nc2ccc(I)cc2F)cc(-c2cccc(OC(F)(F)F)c2)n1. The highest BCUT2D eigenvalue weighted by Gasteiger charge is 2.31. The van der Waals surface area contributed by atoms with Crippen LogP contribution in [0.1, 0.15) is 6.42 Å². The van der Waals surface area contributed by atoms with Gasteiger partial charge in [0.2, 0.25) is 5.95 Å². The van der Waals surface area contributed by atoms with Gasteiger partial charge in [-0.2, -0.15) is 4.98 Å². The summed E-state index contributed by atoms with van der Waals surface area (Å²) in [6.45, 7) is 0.330. The Hall–Kier alpha value is -2.67. The van der Waals surface area contributed by atoms with Crippen molar-refractivity contribution < 1.29 is 27.4 Å². The first-order valence-corrected chi connectivity index (χ1v) is 10.1. The fraction of sp³-hybridized carbons (Fsp3) is 0.200. The van der Waals surface area contributed by atoms with Crippen molar-refractivity contribution in [3.63, 3.8) is 0 Å². The van der Waals surface area contributed by atoms with Crippen LogP contribution in [0.15, 0.2) is 48.5 Å². The van der Waals surface area contributed by atoms with E-state index < -0.39 is 17.9 Å². The number of anilines is 3. The van der Waals surface area contributed by atoms with Crippen LogP contribution in [-0.4, -0.2) is 34.6 Å². The Kier molecular flexibility index (Phi) is 7.49. The van der Waals surface area contributed by atoms with Crippen molar-refractivity contribution >= 4 is 40.0 Å². The van der Waals surface area contributed by atoms with Crippen LogP contribution in [0.3, 0.4) is 0 Å². The van der Waals surface area contributed by atoms with Gasteiger partial charge in [-0.25, -0.2) is 9.37 Å². The number of hydrogen-bond donors (Lipinski definition) is 3. The van der Waals surface area contributed by atoms with Crippen molar-refractivity contribution in [1.29, 1.82) is 0 Å². The first-order chi connectivity index (χ1) is 14.7. The molecule has 6 nitrogen and oxygen atoms in total. The molecule has 0 atom stereocenters. The van der Waals surface area contributed by atoms with Gasteiger partial charge in [-0.05, 0) is 59.3 Å². The maximum atomic E-state index is 14.2. The van der Waals surface area contributed by atoms with Crippen LogP contribution in [0, 0.1) is 9.39 Å². The molecular weight excluding hydrogens is 531 g/mol. The zero-order valence-electron chi connectivity index (χ0n) is 15.9. The molecule has 0 fully saturated rings. The molecule has 3 aromatic rings. The van der Waals surface area contributed by atoms with Crippen LogP contribution in [0.5, 0.6) is 5.75 Å². The van der Waals surface area contributed by atoms with Gasteiger partial charge in [0.1, 0.15) is 17.4 Å². The number of aromatic nitrogens is 2. The van der Waals surface area contributed by atoms with Crippen molar-refractivity contribution in [2.24, 2.45) is 0 Å². The molecule has 31 heavy (non-hydrogen) atoms. The average molecular weight is 548 g/mol. The summed E-state index contributed by atoms with van der Waals surface area (Å²) in [6, 6.07) is 11.5. The highest BCUT2D eigenvalue weighted by atomic mass is 127. The Morgan fingerprint density at radius 1 is 1.06 bits per heavy atom. The molecule has 0 aliphatic heterocycles. The van der Waals surface area contributed by atoms with E-state index in [4.69, 9.17) is 5.11 Å². The molecule has 11 heteroatoms. The summed E-state index contributed by atoms with van der Waals surface area (Å²) >= 11 is 1.99. The number of aliphatic hydroxyl groups is 1. The maximum absolute atomic E-state index is 14.2. The third-order valence-corrected chi connectivity index (χ3v) is 4.57. The van der Waals surface area contributed by atoms with Gasteiger partial charge in [-0.3, -0.25) is 0 Å². The highest BCUT2D eigenvalue weighted by molar-refractivity contribution is 14.1. The van der Waals surface area contributed by atoms with Crippen LogP contribution in [-0.2, 0) is 0 Å². The number of ether oxygens (including phenoxy) is 1. The molecule has 0 amide bonds. The Bertz CT molecular complexity index is 1050. The van der Waals surface area contributed by atoms with Gasteiger partial charge in [0.25, 0.3) is 0 Å². The molecule has 0 aliphatic rings. The number of alkyl halides is 3. The molecule has 3 N–H and O–H groups in total. The Balaban J connectivity index is 1.96. The topological polar surface area (TPSA) is 79.3 Å². The number of nitrogens with zero attached hydrogens (tertiary/aromatic N) is 2. The van der Waals surface area contributed by atoms with Gasteiger partial charge in [0.15, 0.2) is 0 Å². The molecule has 0 saturated heterocycles. The van der Waals surface area contributed by atoms with E-state index >= 15 is 0 Å². The Morgan fingerprint density at radius 3 is 2.58 bits per heavy atom. The largest absolute Gasteiger partial charge is 0.573 e. The summed E-state index contributed by atoms with van der Waals surface area (Å²) < 4.78 is 56.6. The number of benzene rings is 2. The maximum Gasteiger partial charge on any atom is 0.573 e. The Labute approximate surface area is 188 Å². The standard InChI is InChI=1S/C20H17F4IN4O2/c21-15-10-13(25)5-6-16(15)27-18-11-17(28-19(29-18)26-7-2-8-30)12-3-1-4-14(9-12)31-20(22,23)24/h1,3-6,9-11,30H,2,7-8H2,(H2,26,27,28,29). The lowest BCUT2D eigenvalue weighted by molar-refractivity contribution is -0.274. The predicted molar refractivity (Wildman–Crippen MR) is 117 cm³/mol. The monoisotopic (exact) mass is 548 g/mol. The van der Waals surface area contributed by atoms with E-state index in [9.17, 15) is 17.6 Å². The smallest absolute Gasteiger partial charge is 0.406 e. The lowest BCUT2D eigenvalue weighted by Gasteiger charge is -2.13. The normalized spacial score (nSPS) is 11.3. The summed E-state index contributed by atoms with van der Waals surface area (Å²) in [4.78, 5) is 8.59. The summed E-state index contributed by atoms with van der Waals surface area (Å²) in [5, 5.41) is 14.8. The lowest BCUT2D eigenvalue weighted by atomic mass is 10.1. The first kappa shape index (κ1) is 23.0. The number of aliphatic hydroxyl groups excluding tert-OH is 1. The third kappa shape index (κ3) is 6.92. The van der Waals surface area contributed by atoms with E-state index in [0.29, 0.717) is 24.2 Å². The summed E-state index contributed by atoms with van der Waals surface area (Å²) in [6.07, 6.45) is -4.38. The molecule has 1 aromatic heterocycles. The lowest BCUT2D eigenvalue weighted by Crippen LogP contribution is -2.17. The van der Waals surface area contributed by atoms with E-state index in [-0.39, 0.29) is 24.1 Å². The second-order valence-corrected chi connectivity index (χ2v) is 7.54. The van der Waals surface area contributed by atoms with Crippen molar-refractivity contribution in [2.75, 3.05) is 23.8 Å². The molecule has 0 saturated carbocycles. The van der Waals surface area contributed by atoms with E-state index in [2.05, 4.69) is 25.3 Å². The van der Waals surface area contributed by atoms with E-state index in [1.54, 1.807) is 18.2 Å². The van der Waals surface area contributed by atoms with E-state index in [1.165, 1.54) is 30.3 Å². The van der Waals surface area contributed by atoms with Crippen LogP contribution < -0.4 is 15.4 Å². The summed E-state index contributed by atoms with van der Waals surface area (Å²) in [7, 11) is 0. The fourth-order valence-electron chi connectivity index (χ4n) is 2.60. The minimum atomic E-state index is -4.82. The van der Waals surface area contributed by atoms with Gasteiger partial charge < -0.3 is 20.5 Å². The number of nitrogens with one attached hydrogen (secondary N) is 2. The van der Waals surface area contributed by atoms with Crippen molar-refractivity contribution in [3.05, 3.63) is 57.9 Å². The van der Waals surface area contributed by atoms with Crippen molar-refractivity contribution in [3.8, 4) is 17.0 Å². The molecule has 1 heterocycles. The second kappa shape index (κ2) is 10.1. The zero-order valence-corrected chi connectivity index (χ0v) is 18.0. The molecule has 0 spiro atoms. The van der Waals surface area contributed by atoms with Crippen molar-refractivity contribution in [2.45, 2.75) is 12.8 Å². The second-order valence-electron chi connectivity index (χ2n) is 6.29. The number of hydrogen-bond acceptors (Lipinski definition) is 6. The highest BCUT2D eigenvalue weighted by Crippen LogP contribution is 2.30. The molecular formula is C20H17F4IN4O2. The first-order valence-electron chi connectivity index (χ1n) is 9.05. The minimum Gasteiger partial charge on any atom is -0.406 e. The van der Waals surface area contributed by atoms with Crippen LogP contribution in [0.4, 0.5) is 35.0 Å². The molecule has 2 aromatic carbocycles. The van der Waals surface area contributed by atoms with E-state index in [1.807, 2.05) is 22.6 Å². The van der Waals surface area contributed by atoms with Gasteiger partial charge in [-0.15, -0.1) is 13.2 Å².